The van der Waals surface area contributed by atoms with Crippen LogP contribution in [-0.4, -0.2) is 34.6 Å². The van der Waals surface area contributed by atoms with Gasteiger partial charge in [0.05, 0.1) is 18.7 Å². The number of hydrogen-bond acceptors (Lipinski definition) is 3. The van der Waals surface area contributed by atoms with Crippen molar-refractivity contribution in [2.24, 2.45) is 5.92 Å². The highest BCUT2D eigenvalue weighted by Gasteiger charge is 2.51. The molecule has 3 atom stereocenters. The summed E-state index contributed by atoms with van der Waals surface area (Å²) in [5.74, 6) is 5.85. The van der Waals surface area contributed by atoms with E-state index in [1.54, 1.807) is 0 Å². The van der Waals surface area contributed by atoms with Crippen LogP contribution in [0.25, 0.3) is 0 Å². The number of aliphatic hydroxyl groups excluding tert-OH is 1. The van der Waals surface area contributed by atoms with Crippen molar-refractivity contribution >= 4 is 5.91 Å². The summed E-state index contributed by atoms with van der Waals surface area (Å²) in [6.45, 7) is -0.271. The Bertz CT molecular complexity index is 1040. The number of aliphatic hydroxyl groups is 1. The first-order valence-corrected chi connectivity index (χ1v) is 10.8. The zero-order valence-corrected chi connectivity index (χ0v) is 17.3. The van der Waals surface area contributed by atoms with E-state index in [9.17, 15) is 19.6 Å². The number of carbonyl (C=O) groups excluding carboxylic acids is 1. The lowest BCUT2D eigenvalue weighted by Gasteiger charge is -2.51. The molecule has 0 radical (unpaired) electrons. The Kier molecular flexibility index (Phi) is 6.35. The molecule has 0 aromatic heterocycles. The molecule has 1 N–H and O–H groups in total. The fraction of sp³-hybridized carbons (Fsp3) is 0.385. The largest absolute Gasteiger partial charge is 0.394 e. The van der Waals surface area contributed by atoms with Crippen LogP contribution in [0.1, 0.15) is 59.5 Å². The smallest absolute Gasteiger partial charge is 0.255 e. The standard InChI is InChI=1S/C26H25FN2O2/c27-22-8-4-7-21(15-22)26(31)29-23(16-28)25(24(29)17-30)20-13-11-19(12-14-20)10-9-18-5-2-1-3-6-18/h4,7-8,11-15,18,23-25,30H,1-3,5-6,17H2/t23-,24+,25-/m1/s1. The van der Waals surface area contributed by atoms with Gasteiger partial charge in [-0.15, -0.1) is 0 Å². The molecule has 4 rings (SSSR count). The number of carbonyl (C=O) groups is 1. The number of amides is 1. The van der Waals surface area contributed by atoms with Crippen LogP contribution in [-0.2, 0) is 0 Å². The van der Waals surface area contributed by atoms with Gasteiger partial charge in [-0.05, 0) is 48.7 Å². The van der Waals surface area contributed by atoms with Gasteiger partial charge in [0.1, 0.15) is 11.9 Å². The Morgan fingerprint density at radius 1 is 1.13 bits per heavy atom. The lowest BCUT2D eigenvalue weighted by Crippen LogP contribution is -2.65. The maximum absolute atomic E-state index is 13.5. The number of rotatable bonds is 3. The van der Waals surface area contributed by atoms with Crippen molar-refractivity contribution in [3.05, 3.63) is 71.0 Å². The van der Waals surface area contributed by atoms with E-state index in [0.29, 0.717) is 5.92 Å². The highest BCUT2D eigenvalue weighted by atomic mass is 19.1. The van der Waals surface area contributed by atoms with E-state index in [1.165, 1.54) is 55.2 Å². The minimum atomic E-state index is -0.716. The fourth-order valence-electron chi connectivity index (χ4n) is 4.68. The van der Waals surface area contributed by atoms with Gasteiger partial charge < -0.3 is 10.0 Å². The second-order valence-electron chi connectivity index (χ2n) is 8.30. The maximum atomic E-state index is 13.5. The minimum absolute atomic E-state index is 0.172. The van der Waals surface area contributed by atoms with Crippen molar-refractivity contribution in [3.8, 4) is 17.9 Å². The van der Waals surface area contributed by atoms with Crippen molar-refractivity contribution in [1.82, 2.24) is 4.90 Å². The normalized spacial score (nSPS) is 23.3. The SMILES string of the molecule is N#C[C@@H]1[C@@H](c2ccc(C#CC3CCCCC3)cc2)[C@H](CO)N1C(=O)c1cccc(F)c1. The van der Waals surface area contributed by atoms with Gasteiger partial charge in [0, 0.05) is 23.0 Å². The van der Waals surface area contributed by atoms with Gasteiger partial charge in [0.2, 0.25) is 0 Å². The van der Waals surface area contributed by atoms with Crippen molar-refractivity contribution in [3.63, 3.8) is 0 Å². The summed E-state index contributed by atoms with van der Waals surface area (Å²) in [4.78, 5) is 14.2. The second kappa shape index (κ2) is 9.33. The van der Waals surface area contributed by atoms with Crippen LogP contribution in [0.3, 0.4) is 0 Å². The third-order valence-electron chi connectivity index (χ3n) is 6.36. The number of benzene rings is 2. The van der Waals surface area contributed by atoms with Crippen LogP contribution in [0.15, 0.2) is 48.5 Å². The van der Waals surface area contributed by atoms with Gasteiger partial charge in [-0.2, -0.15) is 5.26 Å². The molecule has 1 heterocycles. The molecule has 2 aromatic carbocycles. The summed E-state index contributed by atoms with van der Waals surface area (Å²) >= 11 is 0. The molecule has 31 heavy (non-hydrogen) atoms. The summed E-state index contributed by atoms with van der Waals surface area (Å²) in [6, 6.07) is 14.0. The quantitative estimate of drug-likeness (QED) is 0.761. The monoisotopic (exact) mass is 416 g/mol. The van der Waals surface area contributed by atoms with E-state index in [0.717, 1.165) is 17.2 Å². The molecule has 2 fully saturated rings. The summed E-state index contributed by atoms with van der Waals surface area (Å²) in [7, 11) is 0. The Balaban J connectivity index is 1.51. The molecule has 0 unspecified atom stereocenters. The van der Waals surface area contributed by atoms with Crippen molar-refractivity contribution < 1.29 is 14.3 Å². The average Bonchev–Trinajstić information content (AvgIpc) is 2.79. The molecule has 1 aliphatic carbocycles. The van der Waals surface area contributed by atoms with Crippen LogP contribution in [0.2, 0.25) is 0 Å². The highest BCUT2D eigenvalue weighted by Crippen LogP contribution is 2.41. The van der Waals surface area contributed by atoms with Gasteiger partial charge in [0.15, 0.2) is 0 Å². The second-order valence-corrected chi connectivity index (χ2v) is 8.30. The predicted molar refractivity (Wildman–Crippen MR) is 115 cm³/mol. The molecule has 2 aliphatic rings. The number of hydrogen-bond donors (Lipinski definition) is 1. The first kappa shape index (κ1) is 21.1. The van der Waals surface area contributed by atoms with Gasteiger partial charge in [-0.25, -0.2) is 4.39 Å². The molecule has 4 nitrogen and oxygen atoms in total. The van der Waals surface area contributed by atoms with E-state index >= 15 is 0 Å². The van der Waals surface area contributed by atoms with Gasteiger partial charge in [-0.3, -0.25) is 4.79 Å². The number of likely N-dealkylation sites (tertiary alicyclic amines) is 1. The molecule has 1 amide bonds. The van der Waals surface area contributed by atoms with Crippen molar-refractivity contribution in [2.45, 2.75) is 50.1 Å². The van der Waals surface area contributed by atoms with Crippen LogP contribution in [0.4, 0.5) is 4.39 Å². The summed E-state index contributed by atoms with van der Waals surface area (Å²) in [5, 5.41) is 19.6. The van der Waals surface area contributed by atoms with E-state index in [2.05, 4.69) is 17.9 Å². The summed E-state index contributed by atoms with van der Waals surface area (Å²) in [5.41, 5.74) is 1.98. The Morgan fingerprint density at radius 3 is 2.52 bits per heavy atom. The molecule has 1 aliphatic heterocycles. The third kappa shape index (κ3) is 4.33. The van der Waals surface area contributed by atoms with Crippen LogP contribution in [0, 0.1) is 34.9 Å². The first-order valence-electron chi connectivity index (χ1n) is 10.8. The third-order valence-corrected chi connectivity index (χ3v) is 6.36. The lowest BCUT2D eigenvalue weighted by atomic mass is 9.75. The van der Waals surface area contributed by atoms with Crippen molar-refractivity contribution in [2.75, 3.05) is 6.61 Å². The van der Waals surface area contributed by atoms with Crippen LogP contribution >= 0.6 is 0 Å². The van der Waals surface area contributed by atoms with Crippen molar-refractivity contribution in [1.29, 1.82) is 5.26 Å². The predicted octanol–water partition coefficient (Wildman–Crippen LogP) is 4.25. The Labute approximate surface area is 182 Å². The zero-order valence-electron chi connectivity index (χ0n) is 17.3. The molecule has 158 valence electrons. The zero-order chi connectivity index (χ0) is 21.8. The van der Waals surface area contributed by atoms with E-state index < -0.39 is 23.8 Å². The molecule has 0 bridgehead atoms. The van der Waals surface area contributed by atoms with E-state index in [1.807, 2.05) is 24.3 Å². The lowest BCUT2D eigenvalue weighted by molar-refractivity contribution is -0.00588. The average molecular weight is 416 g/mol. The highest BCUT2D eigenvalue weighted by molar-refractivity contribution is 5.95. The van der Waals surface area contributed by atoms with Gasteiger partial charge in [-0.1, -0.05) is 49.3 Å². The molecule has 2 aromatic rings. The first-order chi connectivity index (χ1) is 15.1. The Morgan fingerprint density at radius 2 is 1.87 bits per heavy atom. The molecular weight excluding hydrogens is 391 g/mol. The summed E-state index contributed by atoms with van der Waals surface area (Å²) < 4.78 is 13.5. The number of halogens is 1. The summed E-state index contributed by atoms with van der Waals surface area (Å²) in [6.07, 6.45) is 6.15. The molecular formula is C26H25FN2O2. The molecule has 5 heteroatoms. The van der Waals surface area contributed by atoms with Crippen LogP contribution < -0.4 is 0 Å². The van der Waals surface area contributed by atoms with E-state index in [4.69, 9.17) is 0 Å². The van der Waals surface area contributed by atoms with Gasteiger partial charge >= 0.3 is 0 Å². The molecule has 0 spiro atoms. The maximum Gasteiger partial charge on any atom is 0.255 e. The molecule has 1 saturated heterocycles. The van der Waals surface area contributed by atoms with Gasteiger partial charge in [0.25, 0.3) is 5.91 Å². The topological polar surface area (TPSA) is 64.3 Å². The number of nitrogens with zero attached hydrogens (tertiary/aromatic N) is 2. The fourth-order valence-corrected chi connectivity index (χ4v) is 4.68. The van der Waals surface area contributed by atoms with Crippen LogP contribution in [0.5, 0.6) is 0 Å². The van der Waals surface area contributed by atoms with E-state index in [-0.39, 0.29) is 18.1 Å². The minimum Gasteiger partial charge on any atom is -0.394 e. The Hall–Kier alpha value is -3.15. The number of nitriles is 1. The molecule has 1 saturated carbocycles.